The van der Waals surface area contributed by atoms with Crippen LogP contribution in [0.2, 0.25) is 0 Å². The zero-order valence-electron chi connectivity index (χ0n) is 23.8. The molecule has 1 saturated heterocycles. The van der Waals surface area contributed by atoms with Crippen molar-refractivity contribution in [2.24, 2.45) is 0 Å². The Hall–Kier alpha value is -3.95. The number of hydrogen-bond acceptors (Lipinski definition) is 8. The van der Waals surface area contributed by atoms with E-state index in [1.54, 1.807) is 12.1 Å². The second-order valence-corrected chi connectivity index (χ2v) is 13.2. The SMILES string of the molecule is Cc1ccc(CSc2nnc(N3C(=O)C(=O)C(=C(O)c4ccc5c(c4)C[C@@H](C)O5)[C@@H]3c3ccc(C(C)C)cc3)s2)cc1. The molecule has 6 rings (SSSR count). The van der Waals surface area contributed by atoms with Crippen molar-refractivity contribution >= 4 is 45.7 Å². The number of anilines is 1. The molecular formula is C33H31N3O4S2. The molecule has 4 aromatic rings. The van der Waals surface area contributed by atoms with E-state index in [1.807, 2.05) is 37.3 Å². The molecule has 0 radical (unpaired) electrons. The Morgan fingerprint density at radius 1 is 1.07 bits per heavy atom. The van der Waals surface area contributed by atoms with Crippen LogP contribution in [0.25, 0.3) is 5.76 Å². The number of ketones is 1. The molecule has 214 valence electrons. The molecule has 42 heavy (non-hydrogen) atoms. The minimum Gasteiger partial charge on any atom is -0.507 e. The summed E-state index contributed by atoms with van der Waals surface area (Å²) in [5.74, 6) is 0.0877. The van der Waals surface area contributed by atoms with Gasteiger partial charge in [-0.05, 0) is 60.2 Å². The van der Waals surface area contributed by atoms with E-state index in [2.05, 4.69) is 55.2 Å². The second kappa shape index (κ2) is 11.4. The monoisotopic (exact) mass is 597 g/mol. The molecular weight excluding hydrogens is 567 g/mol. The van der Waals surface area contributed by atoms with Crippen molar-refractivity contribution < 1.29 is 19.4 Å². The molecule has 7 nitrogen and oxygen atoms in total. The minimum atomic E-state index is -0.850. The van der Waals surface area contributed by atoms with E-state index in [4.69, 9.17) is 4.74 Å². The highest BCUT2D eigenvalue weighted by Gasteiger charge is 2.48. The van der Waals surface area contributed by atoms with Gasteiger partial charge in [0.05, 0.1) is 11.6 Å². The van der Waals surface area contributed by atoms with Gasteiger partial charge >= 0.3 is 5.91 Å². The first kappa shape index (κ1) is 28.2. The lowest BCUT2D eigenvalue weighted by molar-refractivity contribution is -0.132. The highest BCUT2D eigenvalue weighted by molar-refractivity contribution is 8.00. The number of carbonyl (C=O) groups excluding carboxylic acids is 2. The van der Waals surface area contributed by atoms with Crippen LogP contribution in [0.1, 0.15) is 66.1 Å². The Morgan fingerprint density at radius 3 is 2.52 bits per heavy atom. The van der Waals surface area contributed by atoms with Crippen molar-refractivity contribution in [2.75, 3.05) is 4.90 Å². The van der Waals surface area contributed by atoms with Crippen LogP contribution in [0, 0.1) is 6.92 Å². The molecule has 0 unspecified atom stereocenters. The molecule has 2 atom stereocenters. The molecule has 3 aromatic carbocycles. The van der Waals surface area contributed by atoms with Gasteiger partial charge in [-0.3, -0.25) is 14.5 Å². The molecule has 0 aliphatic carbocycles. The number of rotatable bonds is 7. The first-order chi connectivity index (χ1) is 20.2. The Labute approximate surface area is 253 Å². The number of hydrogen-bond donors (Lipinski definition) is 1. The molecule has 1 fully saturated rings. The van der Waals surface area contributed by atoms with E-state index in [-0.39, 0.29) is 17.4 Å². The van der Waals surface area contributed by atoms with E-state index in [0.717, 1.165) is 22.4 Å². The molecule has 1 amide bonds. The number of aliphatic hydroxyl groups is 1. The zero-order valence-corrected chi connectivity index (χ0v) is 25.5. The van der Waals surface area contributed by atoms with Crippen molar-refractivity contribution in [1.82, 2.24) is 10.2 Å². The first-order valence-corrected chi connectivity index (χ1v) is 15.7. The van der Waals surface area contributed by atoms with Crippen molar-refractivity contribution in [1.29, 1.82) is 0 Å². The summed E-state index contributed by atoms with van der Waals surface area (Å²) in [6.07, 6.45) is 0.747. The van der Waals surface area contributed by atoms with E-state index >= 15 is 0 Å². The van der Waals surface area contributed by atoms with Gasteiger partial charge in [-0.15, -0.1) is 10.2 Å². The lowest BCUT2D eigenvalue weighted by atomic mass is 9.93. The van der Waals surface area contributed by atoms with Crippen LogP contribution in [0.3, 0.4) is 0 Å². The Kier molecular flexibility index (Phi) is 7.64. The average Bonchev–Trinajstić information content (AvgIpc) is 3.67. The summed E-state index contributed by atoms with van der Waals surface area (Å²) >= 11 is 2.79. The number of aromatic nitrogens is 2. The summed E-state index contributed by atoms with van der Waals surface area (Å²) in [4.78, 5) is 28.6. The number of Topliss-reactive ketones (excluding diaryl/α,β-unsaturated/α-hetero) is 1. The summed E-state index contributed by atoms with van der Waals surface area (Å²) in [5.41, 5.74) is 5.66. The van der Waals surface area contributed by atoms with Crippen LogP contribution in [0.15, 0.2) is 76.6 Å². The van der Waals surface area contributed by atoms with Crippen molar-refractivity contribution in [3.8, 4) is 5.75 Å². The Bertz CT molecular complexity index is 1690. The van der Waals surface area contributed by atoms with Crippen LogP contribution in [-0.2, 0) is 21.8 Å². The number of benzene rings is 3. The molecule has 2 aliphatic rings. The molecule has 0 spiro atoms. The quantitative estimate of drug-likeness (QED) is 0.0791. The smallest absolute Gasteiger partial charge is 0.301 e. The van der Waals surface area contributed by atoms with E-state index in [1.165, 1.54) is 33.6 Å². The lowest BCUT2D eigenvalue weighted by Crippen LogP contribution is -2.29. The summed E-state index contributed by atoms with van der Waals surface area (Å²) < 4.78 is 6.50. The lowest BCUT2D eigenvalue weighted by Gasteiger charge is -2.23. The molecule has 0 bridgehead atoms. The average molecular weight is 598 g/mol. The summed E-state index contributed by atoms with van der Waals surface area (Å²) in [5, 5.41) is 20.6. The third-order valence-electron chi connectivity index (χ3n) is 7.62. The standard InChI is InChI=1S/C33H31N3O4S2/c1-18(2)22-9-11-23(12-10-22)28-27(29(37)24-13-14-26-25(16-24)15-20(4)40-26)30(38)31(39)36(28)32-34-35-33(42-32)41-17-21-7-5-19(3)6-8-21/h5-14,16,18,20,28,37H,15,17H2,1-4H3/t20-,28+/m1/s1. The van der Waals surface area contributed by atoms with Gasteiger partial charge in [0, 0.05) is 17.7 Å². The normalized spacial score (nSPS) is 19.4. The molecule has 2 aliphatic heterocycles. The van der Waals surface area contributed by atoms with Gasteiger partial charge in [0.1, 0.15) is 17.6 Å². The number of fused-ring (bicyclic) bond motifs is 1. The van der Waals surface area contributed by atoms with Gasteiger partial charge < -0.3 is 9.84 Å². The molecule has 1 N–H and O–H groups in total. The zero-order chi connectivity index (χ0) is 29.5. The van der Waals surface area contributed by atoms with Crippen LogP contribution in [-0.4, -0.2) is 33.1 Å². The largest absolute Gasteiger partial charge is 0.507 e. The number of nitrogens with zero attached hydrogens (tertiary/aromatic N) is 3. The maximum atomic E-state index is 13.6. The predicted octanol–water partition coefficient (Wildman–Crippen LogP) is 7.21. The van der Waals surface area contributed by atoms with Gasteiger partial charge in [-0.1, -0.05) is 91.0 Å². The van der Waals surface area contributed by atoms with Gasteiger partial charge in [-0.25, -0.2) is 0 Å². The first-order valence-electron chi connectivity index (χ1n) is 13.9. The third kappa shape index (κ3) is 5.34. The molecule has 0 saturated carbocycles. The number of aliphatic hydroxyl groups excluding tert-OH is 1. The van der Waals surface area contributed by atoms with Crippen LogP contribution >= 0.6 is 23.1 Å². The fourth-order valence-corrected chi connectivity index (χ4v) is 7.14. The maximum Gasteiger partial charge on any atom is 0.301 e. The second-order valence-electron chi connectivity index (χ2n) is 11.1. The van der Waals surface area contributed by atoms with Crippen LogP contribution in [0.4, 0.5) is 5.13 Å². The Morgan fingerprint density at radius 2 is 1.81 bits per heavy atom. The van der Waals surface area contributed by atoms with Gasteiger partial charge in [0.2, 0.25) is 5.13 Å². The third-order valence-corrected chi connectivity index (χ3v) is 9.74. The van der Waals surface area contributed by atoms with E-state index in [9.17, 15) is 14.7 Å². The number of amides is 1. The summed E-state index contributed by atoms with van der Waals surface area (Å²) in [7, 11) is 0. The van der Waals surface area contributed by atoms with Gasteiger partial charge in [0.25, 0.3) is 5.78 Å². The number of thioether (sulfide) groups is 1. The topological polar surface area (TPSA) is 92.6 Å². The minimum absolute atomic E-state index is 0.0354. The molecule has 9 heteroatoms. The molecule has 3 heterocycles. The number of carbonyl (C=O) groups is 2. The van der Waals surface area contributed by atoms with Crippen LogP contribution < -0.4 is 9.64 Å². The fourth-order valence-electron chi connectivity index (χ4n) is 5.32. The van der Waals surface area contributed by atoms with Crippen molar-refractivity contribution in [3.63, 3.8) is 0 Å². The highest BCUT2D eigenvalue weighted by Crippen LogP contribution is 2.45. The summed E-state index contributed by atoms with van der Waals surface area (Å²) in [6, 6.07) is 20.6. The highest BCUT2D eigenvalue weighted by atomic mass is 32.2. The Balaban J connectivity index is 1.39. The predicted molar refractivity (Wildman–Crippen MR) is 166 cm³/mol. The van der Waals surface area contributed by atoms with E-state index < -0.39 is 17.7 Å². The fraction of sp³-hybridized carbons (Fsp3) is 0.273. The van der Waals surface area contributed by atoms with Crippen molar-refractivity contribution in [3.05, 3.63) is 106 Å². The molecule has 1 aromatic heterocycles. The van der Waals surface area contributed by atoms with Crippen molar-refractivity contribution in [2.45, 2.75) is 62.3 Å². The summed E-state index contributed by atoms with van der Waals surface area (Å²) in [6.45, 7) is 8.25. The number of ether oxygens (including phenoxy) is 1. The van der Waals surface area contributed by atoms with Gasteiger partial charge in [0.15, 0.2) is 4.34 Å². The number of aryl methyl sites for hydroxylation is 1. The van der Waals surface area contributed by atoms with E-state index in [0.29, 0.717) is 38.7 Å². The van der Waals surface area contributed by atoms with Crippen LogP contribution in [0.5, 0.6) is 5.75 Å². The van der Waals surface area contributed by atoms with Gasteiger partial charge in [-0.2, -0.15) is 0 Å². The maximum absolute atomic E-state index is 13.6.